The van der Waals surface area contributed by atoms with Gasteiger partial charge in [0, 0.05) is 26.6 Å². The second-order valence-electron chi connectivity index (χ2n) is 3.75. The fraction of sp³-hybridized carbons (Fsp3) is 0.800. The van der Waals surface area contributed by atoms with Crippen molar-refractivity contribution in [3.05, 3.63) is 11.7 Å². The molecule has 0 spiro atoms. The van der Waals surface area contributed by atoms with Crippen LogP contribution in [0.5, 0.6) is 0 Å². The molecule has 15 heavy (non-hydrogen) atoms. The highest BCUT2D eigenvalue weighted by atomic mass is 16.5. The smallest absolute Gasteiger partial charge is 0.226 e. The maximum absolute atomic E-state index is 5.52. The zero-order chi connectivity index (χ0) is 11.1. The molecule has 0 aliphatic carbocycles. The Morgan fingerprint density at radius 3 is 3.00 bits per heavy atom. The minimum absolute atomic E-state index is 0.386. The van der Waals surface area contributed by atoms with Crippen LogP contribution in [0, 0.1) is 5.92 Å². The molecule has 1 aromatic heterocycles. The first-order chi connectivity index (χ1) is 7.26. The average molecular weight is 213 g/mol. The number of nitrogens with two attached hydrogens (primary N) is 1. The number of hydrogen-bond acceptors (Lipinski definition) is 5. The molecule has 0 aliphatic rings. The topological polar surface area (TPSA) is 74.2 Å². The third-order valence-corrected chi connectivity index (χ3v) is 2.18. The van der Waals surface area contributed by atoms with E-state index in [1.54, 1.807) is 7.11 Å². The van der Waals surface area contributed by atoms with E-state index in [1.807, 2.05) is 0 Å². The number of aryl methyl sites for hydroxylation is 1. The predicted octanol–water partition coefficient (Wildman–Crippen LogP) is 0.786. The average Bonchev–Trinajstić information content (AvgIpc) is 2.66. The Hall–Kier alpha value is -0.940. The highest BCUT2D eigenvalue weighted by molar-refractivity contribution is 4.87. The van der Waals surface area contributed by atoms with Gasteiger partial charge in [-0.25, -0.2) is 0 Å². The van der Waals surface area contributed by atoms with E-state index in [2.05, 4.69) is 17.1 Å². The Balaban J connectivity index is 2.35. The first-order valence-electron chi connectivity index (χ1n) is 5.26. The van der Waals surface area contributed by atoms with Crippen LogP contribution in [0.15, 0.2) is 4.52 Å². The van der Waals surface area contributed by atoms with Crippen LogP contribution >= 0.6 is 0 Å². The van der Waals surface area contributed by atoms with Crippen LogP contribution in [0.1, 0.15) is 25.1 Å². The van der Waals surface area contributed by atoms with Gasteiger partial charge in [0.15, 0.2) is 5.82 Å². The van der Waals surface area contributed by atoms with Crippen LogP contribution in [0.3, 0.4) is 0 Å². The van der Waals surface area contributed by atoms with Crippen LogP contribution in [-0.4, -0.2) is 30.4 Å². The third-order valence-electron chi connectivity index (χ3n) is 2.18. The van der Waals surface area contributed by atoms with Crippen molar-refractivity contribution in [1.82, 2.24) is 10.1 Å². The van der Waals surface area contributed by atoms with E-state index in [0.717, 1.165) is 31.7 Å². The van der Waals surface area contributed by atoms with Gasteiger partial charge in [-0.15, -0.1) is 0 Å². The zero-order valence-electron chi connectivity index (χ0n) is 9.40. The van der Waals surface area contributed by atoms with Gasteiger partial charge in [-0.05, 0) is 18.9 Å². The lowest BCUT2D eigenvalue weighted by atomic mass is 10.1. The standard InChI is InChI=1S/C10H19N3O2/c1-8(7-11)6-10-12-9(13-15-10)4-3-5-14-2/h8H,3-7,11H2,1-2H3. The van der Waals surface area contributed by atoms with Gasteiger partial charge in [0.2, 0.25) is 5.89 Å². The van der Waals surface area contributed by atoms with Gasteiger partial charge in [0.1, 0.15) is 0 Å². The largest absolute Gasteiger partial charge is 0.385 e. The molecule has 1 rings (SSSR count). The van der Waals surface area contributed by atoms with Crippen molar-refractivity contribution in [2.24, 2.45) is 11.7 Å². The molecule has 1 atom stereocenters. The summed E-state index contributed by atoms with van der Waals surface area (Å²) in [6.45, 7) is 3.43. The lowest BCUT2D eigenvalue weighted by Crippen LogP contribution is -2.13. The van der Waals surface area contributed by atoms with Gasteiger partial charge in [0.05, 0.1) is 0 Å². The molecule has 0 saturated heterocycles. The highest BCUT2D eigenvalue weighted by Gasteiger charge is 2.09. The first kappa shape index (κ1) is 12.1. The molecule has 5 heteroatoms. The van der Waals surface area contributed by atoms with Crippen LogP contribution in [0.2, 0.25) is 0 Å². The summed E-state index contributed by atoms with van der Waals surface area (Å²) < 4.78 is 10.1. The van der Waals surface area contributed by atoms with Crippen LogP contribution < -0.4 is 5.73 Å². The molecule has 0 amide bonds. The van der Waals surface area contributed by atoms with E-state index >= 15 is 0 Å². The first-order valence-corrected chi connectivity index (χ1v) is 5.26. The highest BCUT2D eigenvalue weighted by Crippen LogP contribution is 2.06. The molecule has 0 aromatic carbocycles. The molecule has 86 valence electrons. The number of methoxy groups -OCH3 is 1. The van der Waals surface area contributed by atoms with E-state index in [9.17, 15) is 0 Å². The summed E-state index contributed by atoms with van der Waals surface area (Å²) in [7, 11) is 1.69. The molecule has 1 heterocycles. The third kappa shape index (κ3) is 4.40. The van der Waals surface area contributed by atoms with Gasteiger partial charge in [0.25, 0.3) is 0 Å². The summed E-state index contributed by atoms with van der Waals surface area (Å²) in [5, 5.41) is 3.89. The van der Waals surface area contributed by atoms with Crippen molar-refractivity contribution >= 4 is 0 Å². The van der Waals surface area contributed by atoms with Crippen molar-refractivity contribution in [3.8, 4) is 0 Å². The molecule has 2 N–H and O–H groups in total. The monoisotopic (exact) mass is 213 g/mol. The van der Waals surface area contributed by atoms with E-state index in [-0.39, 0.29) is 0 Å². The Bertz CT molecular complexity index is 275. The van der Waals surface area contributed by atoms with Gasteiger partial charge < -0.3 is 15.0 Å². The summed E-state index contributed by atoms with van der Waals surface area (Å²) in [6, 6.07) is 0. The minimum Gasteiger partial charge on any atom is -0.385 e. The predicted molar refractivity (Wildman–Crippen MR) is 56.4 cm³/mol. The number of ether oxygens (including phenoxy) is 1. The molecular formula is C10H19N3O2. The Labute approximate surface area is 90.0 Å². The number of nitrogens with zero attached hydrogens (tertiary/aromatic N) is 2. The molecule has 0 fully saturated rings. The quantitative estimate of drug-likeness (QED) is 0.678. The van der Waals surface area contributed by atoms with Crippen molar-refractivity contribution in [1.29, 1.82) is 0 Å². The maximum atomic E-state index is 5.52. The van der Waals surface area contributed by atoms with Crippen molar-refractivity contribution < 1.29 is 9.26 Å². The zero-order valence-corrected chi connectivity index (χ0v) is 9.40. The Morgan fingerprint density at radius 1 is 1.53 bits per heavy atom. The summed E-state index contributed by atoms with van der Waals surface area (Å²) in [6.07, 6.45) is 2.48. The van der Waals surface area contributed by atoms with E-state index in [4.69, 9.17) is 15.0 Å². The SMILES string of the molecule is COCCCc1noc(CC(C)CN)n1. The van der Waals surface area contributed by atoms with Gasteiger partial charge in [-0.1, -0.05) is 12.1 Å². The lowest BCUT2D eigenvalue weighted by Gasteiger charge is -2.01. The molecule has 0 saturated carbocycles. The van der Waals surface area contributed by atoms with Crippen molar-refractivity contribution in [2.75, 3.05) is 20.3 Å². The molecule has 5 nitrogen and oxygen atoms in total. The number of aromatic nitrogens is 2. The van der Waals surface area contributed by atoms with Crippen LogP contribution in [-0.2, 0) is 17.6 Å². The molecule has 1 unspecified atom stereocenters. The molecule has 0 radical (unpaired) electrons. The maximum Gasteiger partial charge on any atom is 0.226 e. The van der Waals surface area contributed by atoms with Crippen molar-refractivity contribution in [2.45, 2.75) is 26.2 Å². The second-order valence-corrected chi connectivity index (χ2v) is 3.75. The number of hydrogen-bond donors (Lipinski definition) is 1. The number of rotatable bonds is 7. The summed E-state index contributed by atoms with van der Waals surface area (Å²) in [4.78, 5) is 4.28. The second kappa shape index (κ2) is 6.53. The molecular weight excluding hydrogens is 194 g/mol. The van der Waals surface area contributed by atoms with Gasteiger partial charge in [-0.2, -0.15) is 4.98 Å². The van der Waals surface area contributed by atoms with Gasteiger partial charge >= 0.3 is 0 Å². The summed E-state index contributed by atoms with van der Waals surface area (Å²) >= 11 is 0. The Kier molecular flexibility index (Phi) is 5.28. The molecule has 1 aromatic rings. The van der Waals surface area contributed by atoms with Crippen molar-refractivity contribution in [3.63, 3.8) is 0 Å². The normalized spacial score (nSPS) is 13.0. The minimum atomic E-state index is 0.386. The Morgan fingerprint density at radius 2 is 2.33 bits per heavy atom. The van der Waals surface area contributed by atoms with E-state index in [0.29, 0.717) is 18.4 Å². The summed E-state index contributed by atoms with van der Waals surface area (Å²) in [5.74, 6) is 1.82. The van der Waals surface area contributed by atoms with E-state index in [1.165, 1.54) is 0 Å². The molecule has 0 aliphatic heterocycles. The fourth-order valence-corrected chi connectivity index (χ4v) is 1.23. The van der Waals surface area contributed by atoms with Crippen LogP contribution in [0.25, 0.3) is 0 Å². The lowest BCUT2D eigenvalue weighted by molar-refractivity contribution is 0.194. The van der Waals surface area contributed by atoms with E-state index < -0.39 is 0 Å². The van der Waals surface area contributed by atoms with Gasteiger partial charge in [-0.3, -0.25) is 0 Å². The van der Waals surface area contributed by atoms with Crippen LogP contribution in [0.4, 0.5) is 0 Å². The fourth-order valence-electron chi connectivity index (χ4n) is 1.23. The summed E-state index contributed by atoms with van der Waals surface area (Å²) in [5.41, 5.74) is 5.52. The molecule has 0 bridgehead atoms.